The monoisotopic (exact) mass is 516 g/mol. The highest BCUT2D eigenvalue weighted by Crippen LogP contribution is 2.25. The highest BCUT2D eigenvalue weighted by molar-refractivity contribution is 7.92. The summed E-state index contributed by atoms with van der Waals surface area (Å²) < 4.78 is 37.1. The highest BCUT2D eigenvalue weighted by atomic mass is 35.5. The minimum Gasteiger partial charge on any atom is -0.465 e. The molecule has 0 saturated heterocycles. The summed E-state index contributed by atoms with van der Waals surface area (Å²) in [6.07, 6.45) is 0. The van der Waals surface area contributed by atoms with Gasteiger partial charge in [0.2, 0.25) is 5.91 Å². The fourth-order valence-electron chi connectivity index (χ4n) is 3.15. The van der Waals surface area contributed by atoms with Gasteiger partial charge in [-0.25, -0.2) is 18.0 Å². The molecule has 0 heterocycles. The molecule has 11 heteroatoms. The van der Waals surface area contributed by atoms with Crippen molar-refractivity contribution in [2.75, 3.05) is 30.4 Å². The van der Waals surface area contributed by atoms with Crippen molar-refractivity contribution in [3.05, 3.63) is 88.9 Å². The molecule has 0 aliphatic rings. The Morgan fingerprint density at radius 2 is 1.40 bits per heavy atom. The normalized spacial score (nSPS) is 10.8. The predicted molar refractivity (Wildman–Crippen MR) is 130 cm³/mol. The third-order valence-electron chi connectivity index (χ3n) is 4.79. The Bertz CT molecular complexity index is 1310. The number of nitrogens with one attached hydrogen (secondary N) is 1. The van der Waals surface area contributed by atoms with Gasteiger partial charge in [0.25, 0.3) is 10.0 Å². The molecule has 0 spiro atoms. The number of sulfonamides is 1. The lowest BCUT2D eigenvalue weighted by Gasteiger charge is -2.24. The number of hydrogen-bond acceptors (Lipinski definition) is 7. The molecule has 0 unspecified atom stereocenters. The van der Waals surface area contributed by atoms with Crippen LogP contribution in [-0.2, 0) is 24.3 Å². The average molecular weight is 517 g/mol. The number of ether oxygens (including phenoxy) is 2. The van der Waals surface area contributed by atoms with E-state index < -0.39 is 34.4 Å². The van der Waals surface area contributed by atoms with Crippen LogP contribution >= 0.6 is 11.6 Å². The second kappa shape index (κ2) is 11.0. The van der Waals surface area contributed by atoms with E-state index in [0.29, 0.717) is 5.02 Å². The number of hydrogen-bond donors (Lipinski definition) is 1. The number of benzene rings is 3. The summed E-state index contributed by atoms with van der Waals surface area (Å²) in [4.78, 5) is 36.9. The van der Waals surface area contributed by atoms with Gasteiger partial charge in [0, 0.05) is 10.7 Å². The van der Waals surface area contributed by atoms with Gasteiger partial charge in [-0.05, 0) is 54.6 Å². The molecule has 0 aromatic heterocycles. The Hall–Kier alpha value is -3.89. The van der Waals surface area contributed by atoms with Gasteiger partial charge in [-0.15, -0.1) is 0 Å². The first-order valence-electron chi connectivity index (χ1n) is 10.1. The SMILES string of the molecule is COC(=O)c1cc(NC(=O)CN(c2ccccc2)S(=O)(=O)c2ccc(Cl)cc2)cc(C(=O)OC)c1. The second-order valence-corrected chi connectivity index (χ2v) is 9.43. The topological polar surface area (TPSA) is 119 Å². The van der Waals surface area contributed by atoms with Crippen molar-refractivity contribution in [3.8, 4) is 0 Å². The summed E-state index contributed by atoms with van der Waals surface area (Å²) in [7, 11) is -1.80. The van der Waals surface area contributed by atoms with Crippen LogP contribution in [0, 0.1) is 0 Å². The van der Waals surface area contributed by atoms with Crippen LogP contribution in [0.3, 0.4) is 0 Å². The molecular formula is C24H21ClN2O7S. The summed E-state index contributed by atoms with van der Waals surface area (Å²) in [5.74, 6) is -2.19. The van der Waals surface area contributed by atoms with Gasteiger partial charge in [0.15, 0.2) is 0 Å². The predicted octanol–water partition coefficient (Wildman–Crippen LogP) is 3.75. The van der Waals surface area contributed by atoms with Crippen LogP contribution in [0.15, 0.2) is 77.7 Å². The maximum atomic E-state index is 13.4. The number of esters is 2. The molecule has 0 radical (unpaired) electrons. The van der Waals surface area contributed by atoms with Crippen LogP contribution in [0.2, 0.25) is 5.02 Å². The van der Waals surface area contributed by atoms with Gasteiger partial charge in [0.05, 0.1) is 35.9 Å². The van der Waals surface area contributed by atoms with E-state index in [1.807, 2.05) is 0 Å². The molecule has 182 valence electrons. The first-order chi connectivity index (χ1) is 16.6. The Morgan fingerprint density at radius 1 is 0.857 bits per heavy atom. The third kappa shape index (κ3) is 6.17. The van der Waals surface area contributed by atoms with E-state index in [0.717, 1.165) is 4.31 Å². The number of carbonyl (C=O) groups is 3. The number of halogens is 1. The van der Waals surface area contributed by atoms with Crippen LogP contribution in [0.4, 0.5) is 11.4 Å². The molecule has 0 fully saturated rings. The van der Waals surface area contributed by atoms with E-state index >= 15 is 0 Å². The largest absolute Gasteiger partial charge is 0.465 e. The highest BCUT2D eigenvalue weighted by Gasteiger charge is 2.27. The lowest BCUT2D eigenvalue weighted by atomic mass is 10.1. The zero-order valence-electron chi connectivity index (χ0n) is 18.7. The quantitative estimate of drug-likeness (QED) is 0.453. The molecule has 35 heavy (non-hydrogen) atoms. The number of carbonyl (C=O) groups excluding carboxylic acids is 3. The van der Waals surface area contributed by atoms with Crippen molar-refractivity contribution in [1.82, 2.24) is 0 Å². The Labute approximate surface area is 207 Å². The van der Waals surface area contributed by atoms with E-state index in [1.165, 1.54) is 56.7 Å². The standard InChI is InChI=1S/C24H21ClN2O7S/c1-33-23(29)16-12-17(24(30)34-2)14-19(13-16)26-22(28)15-27(20-6-4-3-5-7-20)35(31,32)21-10-8-18(25)9-11-21/h3-14H,15H2,1-2H3,(H,26,28). The van der Waals surface area contributed by atoms with Crippen LogP contribution in [-0.4, -0.2) is 47.0 Å². The van der Waals surface area contributed by atoms with Crippen molar-refractivity contribution in [1.29, 1.82) is 0 Å². The summed E-state index contributed by atoms with van der Waals surface area (Å²) in [5.41, 5.74) is 0.338. The lowest BCUT2D eigenvalue weighted by Crippen LogP contribution is -2.38. The molecule has 3 aromatic carbocycles. The Kier molecular flexibility index (Phi) is 8.10. The van der Waals surface area contributed by atoms with Crippen LogP contribution in [0.1, 0.15) is 20.7 Å². The number of amides is 1. The van der Waals surface area contributed by atoms with E-state index in [1.54, 1.807) is 30.3 Å². The van der Waals surface area contributed by atoms with Crippen molar-refractivity contribution in [3.63, 3.8) is 0 Å². The second-order valence-electron chi connectivity index (χ2n) is 7.13. The van der Waals surface area contributed by atoms with Crippen molar-refractivity contribution >= 4 is 50.8 Å². The fourth-order valence-corrected chi connectivity index (χ4v) is 4.69. The number of rotatable bonds is 8. The number of methoxy groups -OCH3 is 2. The molecule has 3 rings (SSSR count). The first kappa shape index (κ1) is 25.7. The number of para-hydroxylation sites is 1. The fraction of sp³-hybridized carbons (Fsp3) is 0.125. The maximum absolute atomic E-state index is 13.4. The van der Waals surface area contributed by atoms with Crippen molar-refractivity contribution < 1.29 is 32.3 Å². The zero-order chi connectivity index (χ0) is 25.6. The van der Waals surface area contributed by atoms with Gasteiger partial charge in [-0.3, -0.25) is 9.10 Å². The van der Waals surface area contributed by atoms with E-state index in [4.69, 9.17) is 11.6 Å². The average Bonchev–Trinajstić information content (AvgIpc) is 2.86. The summed E-state index contributed by atoms with van der Waals surface area (Å²) in [5, 5.41) is 2.89. The van der Waals surface area contributed by atoms with E-state index in [9.17, 15) is 22.8 Å². The van der Waals surface area contributed by atoms with Crippen LogP contribution in [0.25, 0.3) is 0 Å². The van der Waals surface area contributed by atoms with Gasteiger partial charge < -0.3 is 14.8 Å². The Morgan fingerprint density at radius 3 is 1.91 bits per heavy atom. The summed E-state index contributed by atoms with van der Waals surface area (Å²) in [6, 6.07) is 17.5. The minimum atomic E-state index is -4.14. The van der Waals surface area contributed by atoms with Crippen molar-refractivity contribution in [2.45, 2.75) is 4.90 Å². The molecule has 0 aliphatic heterocycles. The van der Waals surface area contributed by atoms with E-state index in [-0.39, 0.29) is 27.4 Å². The van der Waals surface area contributed by atoms with Crippen LogP contribution < -0.4 is 9.62 Å². The maximum Gasteiger partial charge on any atom is 0.337 e. The molecule has 0 aliphatic carbocycles. The Balaban J connectivity index is 1.95. The molecule has 0 saturated carbocycles. The molecule has 1 N–H and O–H groups in total. The smallest absolute Gasteiger partial charge is 0.337 e. The van der Waals surface area contributed by atoms with Gasteiger partial charge in [-0.1, -0.05) is 29.8 Å². The summed E-state index contributed by atoms with van der Waals surface area (Å²) in [6.45, 7) is -0.592. The minimum absolute atomic E-state index is 0.000554. The van der Waals surface area contributed by atoms with E-state index in [2.05, 4.69) is 14.8 Å². The molecule has 0 atom stereocenters. The zero-order valence-corrected chi connectivity index (χ0v) is 20.3. The van der Waals surface area contributed by atoms with Gasteiger partial charge in [0.1, 0.15) is 6.54 Å². The molecule has 9 nitrogen and oxygen atoms in total. The lowest BCUT2D eigenvalue weighted by molar-refractivity contribution is -0.114. The molecular weight excluding hydrogens is 496 g/mol. The molecule has 0 bridgehead atoms. The first-order valence-corrected chi connectivity index (χ1v) is 11.9. The number of anilines is 2. The van der Waals surface area contributed by atoms with Gasteiger partial charge >= 0.3 is 11.9 Å². The third-order valence-corrected chi connectivity index (χ3v) is 6.83. The molecule has 3 aromatic rings. The van der Waals surface area contributed by atoms with Gasteiger partial charge in [-0.2, -0.15) is 0 Å². The molecule has 1 amide bonds. The summed E-state index contributed by atoms with van der Waals surface area (Å²) >= 11 is 5.89. The van der Waals surface area contributed by atoms with Crippen LogP contribution in [0.5, 0.6) is 0 Å². The number of nitrogens with zero attached hydrogens (tertiary/aromatic N) is 1. The van der Waals surface area contributed by atoms with Crippen molar-refractivity contribution in [2.24, 2.45) is 0 Å².